The number of para-hydroxylation sites is 1. The number of nitrogens with one attached hydrogen (secondary N) is 1. The highest BCUT2D eigenvalue weighted by molar-refractivity contribution is 6.36. The molecule has 1 aromatic carbocycles. The summed E-state index contributed by atoms with van der Waals surface area (Å²) in [6.45, 7) is 9.74. The van der Waals surface area contributed by atoms with Crippen LogP contribution >= 0.6 is 0 Å². The van der Waals surface area contributed by atoms with E-state index in [0.717, 1.165) is 64.9 Å². The minimum absolute atomic E-state index is 0.454. The summed E-state index contributed by atoms with van der Waals surface area (Å²) in [6.07, 6.45) is 9.10. The number of hydrogen-bond acceptors (Lipinski definition) is 4. The fourth-order valence-corrected chi connectivity index (χ4v) is 2.53. The lowest BCUT2D eigenvalue weighted by atomic mass is 10.0. The molecule has 1 aliphatic rings. The number of rotatable bonds is 12. The van der Waals surface area contributed by atoms with E-state index in [-0.39, 0.29) is 0 Å². The number of benzene rings is 1. The maximum atomic E-state index is 5.53. The van der Waals surface area contributed by atoms with Crippen molar-refractivity contribution in [2.24, 2.45) is 0 Å². The van der Waals surface area contributed by atoms with Gasteiger partial charge in [-0.3, -0.25) is 0 Å². The average Bonchev–Trinajstić information content (AvgIpc) is 2.69. The van der Waals surface area contributed by atoms with Crippen molar-refractivity contribution in [2.75, 3.05) is 31.7 Å². The Morgan fingerprint density at radius 1 is 0.846 bits per heavy atom. The molecular weight excluding hydrogens is 325 g/mol. The SMILES string of the molecule is CCCCOB(OCCCC)OCCCC.c1ccc2c(c1)CCCN2. The molecule has 0 radical (unpaired) electrons. The summed E-state index contributed by atoms with van der Waals surface area (Å²) in [5, 5.41) is 3.36. The van der Waals surface area contributed by atoms with Gasteiger partial charge in [0.25, 0.3) is 0 Å². The van der Waals surface area contributed by atoms with Crippen molar-refractivity contribution in [1.82, 2.24) is 0 Å². The van der Waals surface area contributed by atoms with Crippen LogP contribution in [0.3, 0.4) is 0 Å². The second-order valence-corrected chi connectivity index (χ2v) is 6.65. The maximum absolute atomic E-state index is 5.53. The third-order valence-electron chi connectivity index (χ3n) is 4.21. The normalized spacial score (nSPS) is 12.6. The van der Waals surface area contributed by atoms with Gasteiger partial charge in [0.2, 0.25) is 0 Å². The van der Waals surface area contributed by atoms with Crippen molar-refractivity contribution >= 4 is 13.0 Å². The van der Waals surface area contributed by atoms with Gasteiger partial charge >= 0.3 is 7.32 Å². The molecular formula is C21H38BNO3. The number of unbranched alkanes of at least 4 members (excludes halogenated alkanes) is 3. The molecule has 2 rings (SSSR count). The van der Waals surface area contributed by atoms with Gasteiger partial charge in [-0.15, -0.1) is 0 Å². The zero-order valence-electron chi connectivity index (χ0n) is 17.1. The van der Waals surface area contributed by atoms with E-state index < -0.39 is 7.32 Å². The number of anilines is 1. The molecule has 0 aromatic heterocycles. The minimum Gasteiger partial charge on any atom is -0.386 e. The van der Waals surface area contributed by atoms with E-state index in [0.29, 0.717) is 0 Å². The smallest absolute Gasteiger partial charge is 0.386 e. The summed E-state index contributed by atoms with van der Waals surface area (Å²) in [4.78, 5) is 0. The van der Waals surface area contributed by atoms with Crippen LogP contribution in [0, 0.1) is 0 Å². The Labute approximate surface area is 161 Å². The van der Waals surface area contributed by atoms with Crippen molar-refractivity contribution in [1.29, 1.82) is 0 Å². The average molecular weight is 363 g/mol. The Kier molecular flexibility index (Phi) is 14.3. The van der Waals surface area contributed by atoms with Crippen LogP contribution in [0.4, 0.5) is 5.69 Å². The van der Waals surface area contributed by atoms with Gasteiger partial charge in [0.05, 0.1) is 0 Å². The molecule has 26 heavy (non-hydrogen) atoms. The van der Waals surface area contributed by atoms with Gasteiger partial charge in [-0.1, -0.05) is 58.2 Å². The Balaban J connectivity index is 0.000000284. The predicted octanol–water partition coefficient (Wildman–Crippen LogP) is 5.47. The standard InChI is InChI=1S/C12H27BO3.C9H11N/c1-4-7-10-14-13(15-11-8-5-2)16-12-9-6-3;1-2-6-9-8(4-1)5-3-7-10-9/h4-12H2,1-3H3;1-2,4,6,10H,3,5,7H2. The first-order valence-electron chi connectivity index (χ1n) is 10.5. The van der Waals surface area contributed by atoms with Crippen molar-refractivity contribution in [2.45, 2.75) is 72.1 Å². The third kappa shape index (κ3) is 10.8. The summed E-state index contributed by atoms with van der Waals surface area (Å²) in [5.74, 6) is 0. The first-order chi connectivity index (χ1) is 12.8. The van der Waals surface area contributed by atoms with Crippen LogP contribution in [0.2, 0.25) is 0 Å². The largest absolute Gasteiger partial charge is 0.639 e. The van der Waals surface area contributed by atoms with Gasteiger partial charge in [0, 0.05) is 32.1 Å². The van der Waals surface area contributed by atoms with E-state index >= 15 is 0 Å². The first-order valence-corrected chi connectivity index (χ1v) is 10.5. The molecule has 5 heteroatoms. The first kappa shape index (κ1) is 23.0. The summed E-state index contributed by atoms with van der Waals surface area (Å²) in [6, 6.07) is 8.53. The summed E-state index contributed by atoms with van der Waals surface area (Å²) in [5.41, 5.74) is 2.79. The van der Waals surface area contributed by atoms with E-state index in [9.17, 15) is 0 Å². The highest BCUT2D eigenvalue weighted by Crippen LogP contribution is 2.20. The molecule has 0 saturated carbocycles. The van der Waals surface area contributed by atoms with E-state index in [2.05, 4.69) is 50.4 Å². The van der Waals surface area contributed by atoms with Crippen molar-refractivity contribution in [3.05, 3.63) is 29.8 Å². The highest BCUT2D eigenvalue weighted by Gasteiger charge is 2.20. The molecule has 4 nitrogen and oxygen atoms in total. The van der Waals surface area contributed by atoms with Crippen molar-refractivity contribution in [3.63, 3.8) is 0 Å². The van der Waals surface area contributed by atoms with Crippen LogP contribution < -0.4 is 5.32 Å². The molecule has 0 atom stereocenters. The van der Waals surface area contributed by atoms with Crippen LogP contribution in [0.1, 0.15) is 71.3 Å². The zero-order valence-corrected chi connectivity index (χ0v) is 17.1. The van der Waals surface area contributed by atoms with Crippen LogP contribution in [0.5, 0.6) is 0 Å². The molecule has 1 aromatic rings. The molecule has 1 aliphatic heterocycles. The van der Waals surface area contributed by atoms with Crippen LogP contribution in [-0.4, -0.2) is 33.7 Å². The fourth-order valence-electron chi connectivity index (χ4n) is 2.53. The van der Waals surface area contributed by atoms with E-state index in [1.165, 1.54) is 24.1 Å². The number of fused-ring (bicyclic) bond motifs is 1. The molecule has 0 aliphatic carbocycles. The third-order valence-corrected chi connectivity index (χ3v) is 4.21. The van der Waals surface area contributed by atoms with Gasteiger partial charge in [0.1, 0.15) is 0 Å². The zero-order chi connectivity index (χ0) is 18.9. The van der Waals surface area contributed by atoms with Gasteiger partial charge in [-0.25, -0.2) is 0 Å². The quantitative estimate of drug-likeness (QED) is 0.395. The summed E-state index contributed by atoms with van der Waals surface area (Å²) < 4.78 is 16.6. The predicted molar refractivity (Wildman–Crippen MR) is 112 cm³/mol. The molecule has 0 bridgehead atoms. The Hall–Kier alpha value is -1.04. The van der Waals surface area contributed by atoms with Gasteiger partial charge in [-0.05, 0) is 43.7 Å². The van der Waals surface area contributed by atoms with Gasteiger partial charge < -0.3 is 19.3 Å². The molecule has 1 heterocycles. The molecule has 1 N–H and O–H groups in total. The van der Waals surface area contributed by atoms with E-state index in [1.807, 2.05) is 0 Å². The number of hydrogen-bond donors (Lipinski definition) is 1. The Bertz CT molecular complexity index is 396. The second kappa shape index (κ2) is 16.2. The Morgan fingerprint density at radius 2 is 1.38 bits per heavy atom. The lowest BCUT2D eigenvalue weighted by Gasteiger charge is -2.16. The van der Waals surface area contributed by atoms with Gasteiger partial charge in [-0.2, -0.15) is 0 Å². The molecule has 0 unspecified atom stereocenters. The second-order valence-electron chi connectivity index (χ2n) is 6.65. The summed E-state index contributed by atoms with van der Waals surface area (Å²) >= 11 is 0. The van der Waals surface area contributed by atoms with Crippen LogP contribution in [0.25, 0.3) is 0 Å². The molecule has 148 valence electrons. The number of aryl methyl sites for hydroxylation is 1. The molecule has 0 amide bonds. The molecule has 0 spiro atoms. The van der Waals surface area contributed by atoms with E-state index in [1.54, 1.807) is 0 Å². The fraction of sp³-hybridized carbons (Fsp3) is 0.714. The summed E-state index contributed by atoms with van der Waals surface area (Å²) in [7, 11) is -0.454. The van der Waals surface area contributed by atoms with Crippen molar-refractivity contribution in [3.8, 4) is 0 Å². The van der Waals surface area contributed by atoms with Gasteiger partial charge in [0.15, 0.2) is 0 Å². The van der Waals surface area contributed by atoms with Crippen molar-refractivity contribution < 1.29 is 14.0 Å². The lowest BCUT2D eigenvalue weighted by molar-refractivity contribution is 0.0899. The van der Waals surface area contributed by atoms with Crippen LogP contribution in [-0.2, 0) is 20.4 Å². The minimum atomic E-state index is -0.454. The maximum Gasteiger partial charge on any atom is 0.639 e. The topological polar surface area (TPSA) is 39.7 Å². The van der Waals surface area contributed by atoms with E-state index in [4.69, 9.17) is 14.0 Å². The van der Waals surface area contributed by atoms with Crippen LogP contribution in [0.15, 0.2) is 24.3 Å². The monoisotopic (exact) mass is 363 g/mol. The Morgan fingerprint density at radius 3 is 1.88 bits per heavy atom. The molecule has 0 fully saturated rings. The molecule has 0 saturated heterocycles. The lowest BCUT2D eigenvalue weighted by Crippen LogP contribution is -2.28. The highest BCUT2D eigenvalue weighted by atomic mass is 16.7.